The van der Waals surface area contributed by atoms with E-state index in [-0.39, 0.29) is 10.6 Å². The van der Waals surface area contributed by atoms with E-state index in [4.69, 9.17) is 9.15 Å². The SMILES string of the molecule is CCOC(=O)c1nnc(C2(SCC)CC2)o1. The highest BCUT2D eigenvalue weighted by atomic mass is 32.2. The molecule has 6 heteroatoms. The van der Waals surface area contributed by atoms with Crippen LogP contribution >= 0.6 is 11.8 Å². The van der Waals surface area contributed by atoms with Crippen molar-refractivity contribution in [2.75, 3.05) is 12.4 Å². The van der Waals surface area contributed by atoms with Crippen molar-refractivity contribution in [3.05, 3.63) is 11.8 Å². The zero-order valence-electron chi connectivity index (χ0n) is 9.36. The van der Waals surface area contributed by atoms with Gasteiger partial charge in [0.05, 0.1) is 11.4 Å². The third-order valence-electron chi connectivity index (χ3n) is 2.39. The summed E-state index contributed by atoms with van der Waals surface area (Å²) >= 11 is 1.79. The van der Waals surface area contributed by atoms with Crippen molar-refractivity contribution in [2.24, 2.45) is 0 Å². The molecule has 1 aromatic rings. The van der Waals surface area contributed by atoms with Gasteiger partial charge in [-0.15, -0.1) is 22.0 Å². The Bertz CT molecular complexity index is 387. The molecule has 0 aliphatic heterocycles. The Morgan fingerprint density at radius 1 is 1.50 bits per heavy atom. The van der Waals surface area contributed by atoms with Crippen molar-refractivity contribution in [2.45, 2.75) is 31.4 Å². The normalized spacial score (nSPS) is 17.1. The first-order valence-electron chi connectivity index (χ1n) is 5.37. The van der Waals surface area contributed by atoms with E-state index in [2.05, 4.69) is 17.1 Å². The molecule has 0 atom stereocenters. The summed E-state index contributed by atoms with van der Waals surface area (Å²) in [5, 5.41) is 7.65. The molecule has 88 valence electrons. The molecular formula is C10H14N2O3S. The molecule has 0 aromatic carbocycles. The van der Waals surface area contributed by atoms with Gasteiger partial charge in [0.15, 0.2) is 0 Å². The summed E-state index contributed by atoms with van der Waals surface area (Å²) in [4.78, 5) is 11.3. The zero-order valence-corrected chi connectivity index (χ0v) is 10.2. The molecule has 1 aromatic heterocycles. The van der Waals surface area contributed by atoms with Crippen molar-refractivity contribution in [3.63, 3.8) is 0 Å². The van der Waals surface area contributed by atoms with Gasteiger partial charge in [-0.1, -0.05) is 6.92 Å². The number of nitrogens with zero attached hydrogens (tertiary/aromatic N) is 2. The van der Waals surface area contributed by atoms with Crippen LogP contribution < -0.4 is 0 Å². The van der Waals surface area contributed by atoms with Gasteiger partial charge >= 0.3 is 11.9 Å². The van der Waals surface area contributed by atoms with Crippen molar-refractivity contribution in [1.82, 2.24) is 10.2 Å². The molecule has 0 amide bonds. The zero-order chi connectivity index (χ0) is 11.6. The fraction of sp³-hybridized carbons (Fsp3) is 0.700. The summed E-state index contributed by atoms with van der Waals surface area (Å²) in [6, 6.07) is 0. The molecule has 1 aliphatic rings. The Hall–Kier alpha value is -1.04. The number of ether oxygens (including phenoxy) is 1. The van der Waals surface area contributed by atoms with E-state index in [9.17, 15) is 4.79 Å². The second kappa shape index (κ2) is 4.45. The van der Waals surface area contributed by atoms with E-state index < -0.39 is 5.97 Å². The summed E-state index contributed by atoms with van der Waals surface area (Å²) in [5.74, 6) is 0.970. The number of carbonyl (C=O) groups is 1. The van der Waals surface area contributed by atoms with E-state index in [1.165, 1.54) is 0 Å². The molecule has 1 aliphatic carbocycles. The number of rotatable bonds is 5. The maximum atomic E-state index is 11.3. The third-order valence-corrected chi connectivity index (χ3v) is 3.81. The minimum atomic E-state index is -0.543. The topological polar surface area (TPSA) is 65.2 Å². The van der Waals surface area contributed by atoms with Gasteiger partial charge in [-0.3, -0.25) is 0 Å². The third kappa shape index (κ3) is 2.07. The van der Waals surface area contributed by atoms with Crippen molar-refractivity contribution < 1.29 is 13.9 Å². The minimum Gasteiger partial charge on any atom is -0.459 e. The molecule has 0 bridgehead atoms. The van der Waals surface area contributed by atoms with Crippen LogP contribution in [0.25, 0.3) is 0 Å². The van der Waals surface area contributed by atoms with E-state index in [1.54, 1.807) is 18.7 Å². The van der Waals surface area contributed by atoms with Crippen LogP contribution in [0.5, 0.6) is 0 Å². The van der Waals surface area contributed by atoms with Gasteiger partial charge in [-0.2, -0.15) is 0 Å². The van der Waals surface area contributed by atoms with Crippen LogP contribution in [-0.2, 0) is 9.48 Å². The Kier molecular flexibility index (Phi) is 3.18. The van der Waals surface area contributed by atoms with Gasteiger partial charge < -0.3 is 9.15 Å². The highest BCUT2D eigenvalue weighted by molar-refractivity contribution is 8.00. The first kappa shape index (κ1) is 11.4. The van der Waals surface area contributed by atoms with Crippen LogP contribution in [0.3, 0.4) is 0 Å². The fourth-order valence-corrected chi connectivity index (χ4v) is 2.64. The van der Waals surface area contributed by atoms with Gasteiger partial charge in [-0.25, -0.2) is 4.79 Å². The summed E-state index contributed by atoms with van der Waals surface area (Å²) < 4.78 is 10.1. The first-order chi connectivity index (χ1) is 7.72. The van der Waals surface area contributed by atoms with Crippen molar-refractivity contribution in [3.8, 4) is 0 Å². The fourth-order valence-electron chi connectivity index (χ4n) is 1.49. The Labute approximate surface area is 97.9 Å². The van der Waals surface area contributed by atoms with Crippen molar-refractivity contribution >= 4 is 17.7 Å². The number of hydrogen-bond donors (Lipinski definition) is 0. The largest absolute Gasteiger partial charge is 0.459 e. The van der Waals surface area contributed by atoms with Crippen LogP contribution in [0.4, 0.5) is 0 Å². The highest BCUT2D eigenvalue weighted by Gasteiger charge is 2.49. The molecule has 0 spiro atoms. The maximum absolute atomic E-state index is 11.3. The quantitative estimate of drug-likeness (QED) is 0.736. The summed E-state index contributed by atoms with van der Waals surface area (Å²) in [7, 11) is 0. The van der Waals surface area contributed by atoms with Gasteiger partial charge in [0.2, 0.25) is 5.89 Å². The molecule has 0 unspecified atom stereocenters. The van der Waals surface area contributed by atoms with Gasteiger partial charge in [0.1, 0.15) is 0 Å². The van der Waals surface area contributed by atoms with E-state index >= 15 is 0 Å². The molecule has 1 fully saturated rings. The second-order valence-corrected chi connectivity index (χ2v) is 5.21. The molecule has 16 heavy (non-hydrogen) atoms. The van der Waals surface area contributed by atoms with Crippen LogP contribution in [0.15, 0.2) is 4.42 Å². The lowest BCUT2D eigenvalue weighted by Gasteiger charge is -2.06. The smallest absolute Gasteiger partial charge is 0.396 e. The number of carbonyl (C=O) groups excluding carboxylic acids is 1. The predicted octanol–water partition coefficient (Wildman–Crippen LogP) is 1.99. The van der Waals surface area contributed by atoms with Gasteiger partial charge in [-0.05, 0) is 25.5 Å². The van der Waals surface area contributed by atoms with E-state index in [0.29, 0.717) is 12.5 Å². The number of esters is 1. The monoisotopic (exact) mass is 242 g/mol. The van der Waals surface area contributed by atoms with Crippen LogP contribution in [-0.4, -0.2) is 28.5 Å². The second-order valence-electron chi connectivity index (χ2n) is 3.56. The summed E-state index contributed by atoms with van der Waals surface area (Å²) in [6.07, 6.45) is 2.08. The van der Waals surface area contributed by atoms with Crippen LogP contribution in [0.2, 0.25) is 0 Å². The average molecular weight is 242 g/mol. The van der Waals surface area contributed by atoms with Gasteiger partial charge in [0, 0.05) is 0 Å². The number of thioether (sulfide) groups is 1. The first-order valence-corrected chi connectivity index (χ1v) is 6.35. The Morgan fingerprint density at radius 2 is 2.25 bits per heavy atom. The minimum absolute atomic E-state index is 0.0352. The molecule has 1 heterocycles. The van der Waals surface area contributed by atoms with E-state index in [0.717, 1.165) is 18.6 Å². The molecule has 0 radical (unpaired) electrons. The molecular weight excluding hydrogens is 228 g/mol. The van der Waals surface area contributed by atoms with E-state index in [1.807, 2.05) is 0 Å². The predicted molar refractivity (Wildman–Crippen MR) is 59.3 cm³/mol. The van der Waals surface area contributed by atoms with Crippen LogP contribution in [0.1, 0.15) is 43.3 Å². The average Bonchev–Trinajstić information content (AvgIpc) is 2.88. The van der Waals surface area contributed by atoms with Crippen molar-refractivity contribution in [1.29, 1.82) is 0 Å². The number of hydrogen-bond acceptors (Lipinski definition) is 6. The molecule has 0 saturated heterocycles. The summed E-state index contributed by atoms with van der Waals surface area (Å²) in [6.45, 7) is 4.14. The molecule has 5 nitrogen and oxygen atoms in total. The summed E-state index contributed by atoms with van der Waals surface area (Å²) in [5.41, 5.74) is 0. The van der Waals surface area contributed by atoms with Crippen LogP contribution in [0, 0.1) is 0 Å². The molecule has 0 N–H and O–H groups in total. The Balaban J connectivity index is 2.10. The maximum Gasteiger partial charge on any atom is 0.396 e. The lowest BCUT2D eigenvalue weighted by molar-refractivity contribution is 0.0478. The lowest BCUT2D eigenvalue weighted by Crippen LogP contribution is -2.04. The number of aromatic nitrogens is 2. The molecule has 2 rings (SSSR count). The molecule has 1 saturated carbocycles. The Morgan fingerprint density at radius 3 is 2.81 bits per heavy atom. The van der Waals surface area contributed by atoms with Gasteiger partial charge in [0.25, 0.3) is 0 Å². The lowest BCUT2D eigenvalue weighted by atomic mass is 10.4. The highest BCUT2D eigenvalue weighted by Crippen LogP contribution is 2.56. The standard InChI is InChI=1S/C10H14N2O3S/c1-3-14-8(13)7-11-12-9(15-7)10(5-6-10)16-4-2/h3-6H2,1-2H3.